The minimum Gasteiger partial charge on any atom is -0.362 e. The van der Waals surface area contributed by atoms with Gasteiger partial charge >= 0.3 is 0 Å². The summed E-state index contributed by atoms with van der Waals surface area (Å²) in [6.45, 7) is 9.60. The molecule has 0 aromatic heterocycles. The third kappa shape index (κ3) is 6.06. The van der Waals surface area contributed by atoms with Crippen molar-refractivity contribution in [2.24, 2.45) is 5.92 Å². The summed E-state index contributed by atoms with van der Waals surface area (Å²) in [7, 11) is 0. The minimum absolute atomic E-state index is 0.239. The number of hydrogen-bond acceptors (Lipinski definition) is 1. The molecule has 1 atom stereocenters. The molecule has 0 spiro atoms. The zero-order chi connectivity index (χ0) is 14.3. The first kappa shape index (κ1) is 16.0. The fourth-order valence-corrected chi connectivity index (χ4v) is 2.15. The summed E-state index contributed by atoms with van der Waals surface area (Å²) < 4.78 is 0. The highest BCUT2D eigenvalue weighted by molar-refractivity contribution is 7.80. The predicted octanol–water partition coefficient (Wildman–Crippen LogP) is 3.82. The monoisotopic (exact) mass is 278 g/mol. The van der Waals surface area contributed by atoms with Gasteiger partial charge < -0.3 is 10.6 Å². The molecule has 0 aliphatic heterocycles. The van der Waals surface area contributed by atoms with Gasteiger partial charge in [0.05, 0.1) is 6.04 Å². The Morgan fingerprint density at radius 1 is 1.16 bits per heavy atom. The molecule has 0 saturated carbocycles. The molecule has 1 rings (SSSR count). The lowest BCUT2D eigenvalue weighted by atomic mass is 10.0. The van der Waals surface area contributed by atoms with Crippen LogP contribution < -0.4 is 10.6 Å². The Morgan fingerprint density at radius 2 is 1.79 bits per heavy atom. The molecule has 2 nitrogen and oxygen atoms in total. The quantitative estimate of drug-likeness (QED) is 0.774. The van der Waals surface area contributed by atoms with Crippen LogP contribution >= 0.6 is 12.2 Å². The second-order valence-corrected chi connectivity index (χ2v) is 5.87. The lowest BCUT2D eigenvalue weighted by molar-refractivity contribution is 0.609. The third-order valence-electron chi connectivity index (χ3n) is 3.04. The average Bonchev–Trinajstić information content (AvgIpc) is 2.37. The highest BCUT2D eigenvalue weighted by atomic mass is 32.1. The zero-order valence-electron chi connectivity index (χ0n) is 12.5. The smallest absolute Gasteiger partial charge is 0.166 e. The van der Waals surface area contributed by atoms with E-state index in [0.717, 1.165) is 18.1 Å². The Kier molecular flexibility index (Phi) is 6.85. The van der Waals surface area contributed by atoms with Crippen LogP contribution in [0.25, 0.3) is 0 Å². The van der Waals surface area contributed by atoms with Crippen LogP contribution in [0.3, 0.4) is 0 Å². The van der Waals surface area contributed by atoms with Crippen LogP contribution in [-0.2, 0) is 6.42 Å². The van der Waals surface area contributed by atoms with Crippen molar-refractivity contribution in [2.75, 3.05) is 6.54 Å². The van der Waals surface area contributed by atoms with Crippen molar-refractivity contribution in [3.63, 3.8) is 0 Å². The van der Waals surface area contributed by atoms with Gasteiger partial charge in [-0.15, -0.1) is 0 Å². The Hall–Kier alpha value is -1.09. The van der Waals surface area contributed by atoms with E-state index in [0.29, 0.717) is 5.92 Å². The predicted molar refractivity (Wildman–Crippen MR) is 87.4 cm³/mol. The van der Waals surface area contributed by atoms with Crippen LogP contribution in [0.15, 0.2) is 24.3 Å². The molecule has 0 heterocycles. The van der Waals surface area contributed by atoms with Gasteiger partial charge in [0.2, 0.25) is 0 Å². The molecule has 19 heavy (non-hydrogen) atoms. The standard InChI is InChI=1S/C16H26N2S/c1-5-6-14-7-9-15(10-8-14)13(4)18-16(19)17-11-12(2)3/h7-10,12-13H,5-6,11H2,1-4H3,(H2,17,18,19). The number of aryl methyl sites for hydroxylation is 1. The molecule has 106 valence electrons. The first-order valence-electron chi connectivity index (χ1n) is 7.16. The Labute approximate surface area is 123 Å². The molecule has 1 unspecified atom stereocenters. The maximum Gasteiger partial charge on any atom is 0.166 e. The van der Waals surface area contributed by atoms with Crippen molar-refractivity contribution < 1.29 is 0 Å². The molecule has 0 aliphatic carbocycles. The maximum absolute atomic E-state index is 5.29. The van der Waals surface area contributed by atoms with Crippen LogP contribution in [0.2, 0.25) is 0 Å². The summed E-state index contributed by atoms with van der Waals surface area (Å²) in [6, 6.07) is 9.04. The Bertz CT molecular complexity index is 384. The van der Waals surface area contributed by atoms with Crippen molar-refractivity contribution in [1.82, 2.24) is 10.6 Å². The van der Waals surface area contributed by atoms with Gasteiger partial charge in [0.1, 0.15) is 0 Å². The number of benzene rings is 1. The molecular weight excluding hydrogens is 252 g/mol. The summed E-state index contributed by atoms with van der Waals surface area (Å²) in [5.41, 5.74) is 2.67. The summed E-state index contributed by atoms with van der Waals surface area (Å²) in [6.07, 6.45) is 2.34. The molecule has 3 heteroatoms. The second kappa shape index (κ2) is 8.16. The molecule has 0 bridgehead atoms. The minimum atomic E-state index is 0.239. The summed E-state index contributed by atoms with van der Waals surface area (Å²) >= 11 is 5.29. The van der Waals surface area contributed by atoms with Gasteiger partial charge in [0, 0.05) is 6.54 Å². The second-order valence-electron chi connectivity index (χ2n) is 5.46. The van der Waals surface area contributed by atoms with Crippen LogP contribution in [0.4, 0.5) is 0 Å². The number of thiocarbonyl (C=S) groups is 1. The molecule has 0 aliphatic rings. The fourth-order valence-electron chi connectivity index (χ4n) is 1.89. The Balaban J connectivity index is 2.48. The van der Waals surface area contributed by atoms with Crippen LogP contribution in [0.1, 0.15) is 51.3 Å². The lowest BCUT2D eigenvalue weighted by Gasteiger charge is -2.18. The zero-order valence-corrected chi connectivity index (χ0v) is 13.3. The molecule has 0 radical (unpaired) electrons. The van der Waals surface area contributed by atoms with Gasteiger partial charge in [0.15, 0.2) is 5.11 Å². The SMILES string of the molecule is CCCc1ccc(C(C)NC(=S)NCC(C)C)cc1. The van der Waals surface area contributed by atoms with Gasteiger partial charge in [-0.25, -0.2) is 0 Å². The lowest BCUT2D eigenvalue weighted by Crippen LogP contribution is -2.38. The van der Waals surface area contributed by atoms with Crippen molar-refractivity contribution >= 4 is 17.3 Å². The van der Waals surface area contributed by atoms with Gasteiger partial charge in [-0.2, -0.15) is 0 Å². The van der Waals surface area contributed by atoms with E-state index >= 15 is 0 Å². The van der Waals surface area contributed by atoms with Gasteiger partial charge in [-0.1, -0.05) is 51.5 Å². The van der Waals surface area contributed by atoms with Crippen LogP contribution in [-0.4, -0.2) is 11.7 Å². The van der Waals surface area contributed by atoms with Crippen molar-refractivity contribution in [1.29, 1.82) is 0 Å². The van der Waals surface area contributed by atoms with E-state index in [1.54, 1.807) is 0 Å². The molecular formula is C16H26N2S. The molecule has 0 fully saturated rings. The van der Waals surface area contributed by atoms with E-state index in [1.165, 1.54) is 17.5 Å². The molecule has 1 aromatic rings. The number of nitrogens with one attached hydrogen (secondary N) is 2. The van der Waals surface area contributed by atoms with Gasteiger partial charge in [-0.3, -0.25) is 0 Å². The number of rotatable bonds is 6. The van der Waals surface area contributed by atoms with E-state index in [-0.39, 0.29) is 6.04 Å². The summed E-state index contributed by atoms with van der Waals surface area (Å²) in [5, 5.41) is 7.29. The van der Waals surface area contributed by atoms with E-state index in [9.17, 15) is 0 Å². The van der Waals surface area contributed by atoms with Crippen LogP contribution in [0.5, 0.6) is 0 Å². The molecule has 0 saturated heterocycles. The molecule has 2 N–H and O–H groups in total. The first-order valence-corrected chi connectivity index (χ1v) is 7.57. The van der Waals surface area contributed by atoms with Gasteiger partial charge in [0.25, 0.3) is 0 Å². The van der Waals surface area contributed by atoms with E-state index in [2.05, 4.69) is 62.6 Å². The van der Waals surface area contributed by atoms with Crippen molar-refractivity contribution in [3.05, 3.63) is 35.4 Å². The Morgan fingerprint density at radius 3 is 2.32 bits per heavy atom. The highest BCUT2D eigenvalue weighted by Gasteiger charge is 2.07. The topological polar surface area (TPSA) is 24.1 Å². The average molecular weight is 278 g/mol. The largest absolute Gasteiger partial charge is 0.362 e. The molecule has 1 aromatic carbocycles. The summed E-state index contributed by atoms with van der Waals surface area (Å²) in [4.78, 5) is 0. The third-order valence-corrected chi connectivity index (χ3v) is 3.30. The first-order chi connectivity index (χ1) is 9.02. The normalized spacial score (nSPS) is 12.3. The van der Waals surface area contributed by atoms with E-state index in [4.69, 9.17) is 12.2 Å². The van der Waals surface area contributed by atoms with Crippen molar-refractivity contribution in [3.8, 4) is 0 Å². The summed E-state index contributed by atoms with van der Waals surface area (Å²) in [5.74, 6) is 0.600. The van der Waals surface area contributed by atoms with Gasteiger partial charge in [-0.05, 0) is 42.6 Å². The fraction of sp³-hybridized carbons (Fsp3) is 0.562. The number of hydrogen-bond donors (Lipinski definition) is 2. The van der Waals surface area contributed by atoms with E-state index < -0.39 is 0 Å². The highest BCUT2D eigenvalue weighted by Crippen LogP contribution is 2.14. The van der Waals surface area contributed by atoms with Crippen LogP contribution in [0, 0.1) is 5.92 Å². The maximum atomic E-state index is 5.29. The van der Waals surface area contributed by atoms with E-state index in [1.807, 2.05) is 0 Å². The molecule has 0 amide bonds. The van der Waals surface area contributed by atoms with Crippen molar-refractivity contribution in [2.45, 2.75) is 46.6 Å².